The smallest absolute Gasteiger partial charge is 0.146 e. The summed E-state index contributed by atoms with van der Waals surface area (Å²) in [7, 11) is 1.63. The molecule has 0 aromatic heterocycles. The third kappa shape index (κ3) is 3.23. The average molecular weight is 310 g/mol. The molecule has 0 aliphatic rings. The highest BCUT2D eigenvalue weighted by Crippen LogP contribution is 2.21. The van der Waals surface area contributed by atoms with Gasteiger partial charge in [0.15, 0.2) is 0 Å². The van der Waals surface area contributed by atoms with Crippen molar-refractivity contribution in [2.75, 3.05) is 12.4 Å². The summed E-state index contributed by atoms with van der Waals surface area (Å²) >= 11 is 3.32. The van der Waals surface area contributed by atoms with Gasteiger partial charge in [-0.25, -0.2) is 4.39 Å². The molecule has 0 unspecified atom stereocenters. The Bertz CT molecular complexity index is 545. The third-order valence-electron chi connectivity index (χ3n) is 2.55. The Labute approximate surface area is 114 Å². The lowest BCUT2D eigenvalue weighted by Gasteiger charge is -2.09. The van der Waals surface area contributed by atoms with Crippen LogP contribution in [-0.2, 0) is 6.54 Å². The first-order chi connectivity index (χ1) is 8.69. The maximum Gasteiger partial charge on any atom is 0.146 e. The van der Waals surface area contributed by atoms with Crippen molar-refractivity contribution in [1.29, 1.82) is 0 Å². The molecule has 0 saturated heterocycles. The molecule has 2 rings (SSSR count). The van der Waals surface area contributed by atoms with E-state index in [0.717, 1.165) is 15.8 Å². The molecule has 0 bridgehead atoms. The van der Waals surface area contributed by atoms with Gasteiger partial charge in [0.05, 0.1) is 12.8 Å². The molecule has 18 heavy (non-hydrogen) atoms. The minimum absolute atomic E-state index is 0.263. The fraction of sp³-hybridized carbons (Fsp3) is 0.143. The Hall–Kier alpha value is -1.55. The fourth-order valence-electron chi connectivity index (χ4n) is 1.61. The molecule has 2 aromatic carbocycles. The van der Waals surface area contributed by atoms with E-state index in [1.807, 2.05) is 24.3 Å². The molecule has 0 fully saturated rings. The van der Waals surface area contributed by atoms with E-state index in [1.165, 1.54) is 6.07 Å². The summed E-state index contributed by atoms with van der Waals surface area (Å²) in [5.74, 6) is 0.533. The monoisotopic (exact) mass is 309 g/mol. The maximum atomic E-state index is 13.5. The van der Waals surface area contributed by atoms with Crippen molar-refractivity contribution in [2.45, 2.75) is 6.54 Å². The zero-order valence-electron chi connectivity index (χ0n) is 9.91. The summed E-state index contributed by atoms with van der Waals surface area (Å²) in [6, 6.07) is 12.5. The Kier molecular flexibility index (Phi) is 4.20. The van der Waals surface area contributed by atoms with Crippen LogP contribution in [0.2, 0.25) is 0 Å². The van der Waals surface area contributed by atoms with Crippen molar-refractivity contribution < 1.29 is 9.13 Å². The van der Waals surface area contributed by atoms with Gasteiger partial charge in [-0.15, -0.1) is 0 Å². The second kappa shape index (κ2) is 5.87. The average Bonchev–Trinajstić information content (AvgIpc) is 2.40. The third-order valence-corrected chi connectivity index (χ3v) is 3.04. The molecule has 94 valence electrons. The normalized spacial score (nSPS) is 10.2. The zero-order chi connectivity index (χ0) is 13.0. The summed E-state index contributed by atoms with van der Waals surface area (Å²) in [5.41, 5.74) is 1.51. The van der Waals surface area contributed by atoms with Crippen LogP contribution in [0.15, 0.2) is 46.9 Å². The van der Waals surface area contributed by atoms with Gasteiger partial charge in [0.1, 0.15) is 11.6 Å². The predicted octanol–water partition coefficient (Wildman–Crippen LogP) is 4.21. The quantitative estimate of drug-likeness (QED) is 0.913. The maximum absolute atomic E-state index is 13.5. The summed E-state index contributed by atoms with van der Waals surface area (Å²) in [5, 5.41) is 3.06. The molecular formula is C14H13BrFNO. The number of rotatable bonds is 4. The van der Waals surface area contributed by atoms with Crippen LogP contribution >= 0.6 is 15.9 Å². The van der Waals surface area contributed by atoms with Crippen molar-refractivity contribution in [3.63, 3.8) is 0 Å². The number of hydrogen-bond donors (Lipinski definition) is 1. The minimum atomic E-state index is -0.263. The predicted molar refractivity (Wildman–Crippen MR) is 74.4 cm³/mol. The second-order valence-corrected chi connectivity index (χ2v) is 4.74. The van der Waals surface area contributed by atoms with E-state index in [4.69, 9.17) is 4.74 Å². The standard InChI is InChI=1S/C14H13BrFNO/c1-18-12-4-2-3-10(7-12)9-17-14-8-11(15)5-6-13(14)16/h2-8,17H,9H2,1H3. The van der Waals surface area contributed by atoms with Gasteiger partial charge < -0.3 is 10.1 Å². The Morgan fingerprint density at radius 2 is 2.06 bits per heavy atom. The second-order valence-electron chi connectivity index (χ2n) is 3.83. The summed E-state index contributed by atoms with van der Waals surface area (Å²) < 4.78 is 19.5. The van der Waals surface area contributed by atoms with E-state index >= 15 is 0 Å². The van der Waals surface area contributed by atoms with Gasteiger partial charge in [-0.1, -0.05) is 28.1 Å². The first-order valence-electron chi connectivity index (χ1n) is 5.51. The summed E-state index contributed by atoms with van der Waals surface area (Å²) in [6.07, 6.45) is 0. The number of benzene rings is 2. The minimum Gasteiger partial charge on any atom is -0.497 e. The van der Waals surface area contributed by atoms with Crippen LogP contribution in [0.4, 0.5) is 10.1 Å². The molecular weight excluding hydrogens is 297 g/mol. The van der Waals surface area contributed by atoms with Crippen LogP contribution in [0.25, 0.3) is 0 Å². The van der Waals surface area contributed by atoms with Gasteiger partial charge in [0, 0.05) is 11.0 Å². The van der Waals surface area contributed by atoms with Gasteiger partial charge in [-0.3, -0.25) is 0 Å². The molecule has 0 saturated carbocycles. The van der Waals surface area contributed by atoms with Crippen LogP contribution in [0.5, 0.6) is 5.75 Å². The molecule has 0 spiro atoms. The van der Waals surface area contributed by atoms with Crippen LogP contribution in [0.3, 0.4) is 0 Å². The SMILES string of the molecule is COc1cccc(CNc2cc(Br)ccc2F)c1. The zero-order valence-corrected chi connectivity index (χ0v) is 11.5. The summed E-state index contributed by atoms with van der Waals surface area (Å²) in [4.78, 5) is 0. The van der Waals surface area contributed by atoms with E-state index < -0.39 is 0 Å². The van der Waals surface area contributed by atoms with Gasteiger partial charge in [-0.05, 0) is 35.9 Å². The molecule has 0 heterocycles. The van der Waals surface area contributed by atoms with E-state index in [-0.39, 0.29) is 5.82 Å². The number of nitrogens with one attached hydrogen (secondary N) is 1. The number of methoxy groups -OCH3 is 1. The van der Waals surface area contributed by atoms with E-state index in [2.05, 4.69) is 21.2 Å². The van der Waals surface area contributed by atoms with Gasteiger partial charge >= 0.3 is 0 Å². The van der Waals surface area contributed by atoms with Crippen molar-refractivity contribution in [2.24, 2.45) is 0 Å². The molecule has 0 aliphatic heterocycles. The number of ether oxygens (including phenoxy) is 1. The van der Waals surface area contributed by atoms with Gasteiger partial charge in [-0.2, -0.15) is 0 Å². The molecule has 0 radical (unpaired) electrons. The Morgan fingerprint density at radius 3 is 2.83 bits per heavy atom. The highest BCUT2D eigenvalue weighted by atomic mass is 79.9. The van der Waals surface area contributed by atoms with Crippen molar-refractivity contribution in [1.82, 2.24) is 0 Å². The van der Waals surface area contributed by atoms with Crippen molar-refractivity contribution in [3.8, 4) is 5.75 Å². The number of anilines is 1. The Morgan fingerprint density at radius 1 is 1.22 bits per heavy atom. The first-order valence-corrected chi connectivity index (χ1v) is 6.30. The first kappa shape index (κ1) is 12.9. The highest BCUT2D eigenvalue weighted by Gasteiger charge is 2.02. The van der Waals surface area contributed by atoms with Crippen LogP contribution in [0, 0.1) is 5.82 Å². The van der Waals surface area contributed by atoms with E-state index in [9.17, 15) is 4.39 Å². The van der Waals surface area contributed by atoms with Crippen molar-refractivity contribution in [3.05, 3.63) is 58.3 Å². The van der Waals surface area contributed by atoms with E-state index in [0.29, 0.717) is 12.2 Å². The van der Waals surface area contributed by atoms with E-state index in [1.54, 1.807) is 19.2 Å². The number of halogens is 2. The van der Waals surface area contributed by atoms with Gasteiger partial charge in [0.25, 0.3) is 0 Å². The van der Waals surface area contributed by atoms with Crippen LogP contribution < -0.4 is 10.1 Å². The molecule has 1 N–H and O–H groups in total. The molecule has 0 aliphatic carbocycles. The molecule has 0 amide bonds. The largest absolute Gasteiger partial charge is 0.497 e. The lowest BCUT2D eigenvalue weighted by atomic mass is 10.2. The lowest BCUT2D eigenvalue weighted by molar-refractivity contribution is 0.414. The molecule has 2 nitrogen and oxygen atoms in total. The molecule has 0 atom stereocenters. The van der Waals surface area contributed by atoms with Crippen LogP contribution in [-0.4, -0.2) is 7.11 Å². The molecule has 4 heteroatoms. The molecule has 2 aromatic rings. The summed E-state index contributed by atoms with van der Waals surface area (Å²) in [6.45, 7) is 0.546. The lowest BCUT2D eigenvalue weighted by Crippen LogP contribution is -2.01. The fourth-order valence-corrected chi connectivity index (χ4v) is 1.97. The number of hydrogen-bond acceptors (Lipinski definition) is 2. The van der Waals surface area contributed by atoms with Crippen molar-refractivity contribution >= 4 is 21.6 Å². The Balaban J connectivity index is 2.08. The highest BCUT2D eigenvalue weighted by molar-refractivity contribution is 9.10. The topological polar surface area (TPSA) is 21.3 Å². The van der Waals surface area contributed by atoms with Crippen LogP contribution in [0.1, 0.15) is 5.56 Å². The van der Waals surface area contributed by atoms with Gasteiger partial charge in [0.2, 0.25) is 0 Å².